The van der Waals surface area contributed by atoms with Crippen molar-refractivity contribution in [2.75, 3.05) is 24.7 Å². The van der Waals surface area contributed by atoms with Crippen LogP contribution in [0.3, 0.4) is 0 Å². The highest BCUT2D eigenvalue weighted by molar-refractivity contribution is 8.07. The molecule has 0 spiro atoms. The molecule has 0 radical (unpaired) electrons. The van der Waals surface area contributed by atoms with Gasteiger partial charge in [-0.3, -0.25) is 18.9 Å². The number of rotatable bonds is 2. The number of hydrogen-bond acceptors (Lipinski definition) is 15. The molecule has 2 bridgehead atoms. The Bertz CT molecular complexity index is 1910. The van der Waals surface area contributed by atoms with Gasteiger partial charge in [-0.1, -0.05) is 0 Å². The predicted octanol–water partition coefficient (Wildman–Crippen LogP) is 0.343. The Morgan fingerprint density at radius 2 is 1.80 bits per heavy atom. The van der Waals surface area contributed by atoms with Crippen molar-refractivity contribution in [3.63, 3.8) is 0 Å². The summed E-state index contributed by atoms with van der Waals surface area (Å²) in [5.74, 6) is -0.222. The van der Waals surface area contributed by atoms with E-state index >= 15 is 4.39 Å². The maximum Gasteiger partial charge on any atom is 0.325 e. The maximum atomic E-state index is 15.8. The van der Waals surface area contributed by atoms with Crippen LogP contribution in [0.5, 0.6) is 0 Å². The van der Waals surface area contributed by atoms with Crippen molar-refractivity contribution in [2.45, 2.75) is 49.3 Å². The van der Waals surface area contributed by atoms with E-state index in [-0.39, 0.29) is 23.5 Å². The van der Waals surface area contributed by atoms with Crippen molar-refractivity contribution in [1.82, 2.24) is 34.1 Å². The zero-order valence-corrected chi connectivity index (χ0v) is 25.6. The van der Waals surface area contributed by atoms with Crippen molar-refractivity contribution in [1.29, 1.82) is 0 Å². The predicted molar refractivity (Wildman–Crippen MR) is 156 cm³/mol. The third kappa shape index (κ3) is 5.46. The first kappa shape index (κ1) is 30.2. The number of imidazole rings is 2. The molecule has 3 unspecified atom stereocenters. The van der Waals surface area contributed by atoms with Gasteiger partial charge in [0.2, 0.25) is 5.95 Å². The molecule has 7 rings (SSSR count). The lowest BCUT2D eigenvalue weighted by Crippen LogP contribution is -2.32. The van der Waals surface area contributed by atoms with E-state index in [2.05, 4.69) is 25.0 Å². The van der Waals surface area contributed by atoms with E-state index in [1.807, 2.05) is 0 Å². The number of alkyl halides is 1. The first-order chi connectivity index (χ1) is 20.9. The number of nitrogen functional groups attached to an aromatic ring is 2. The van der Waals surface area contributed by atoms with Crippen LogP contribution in [-0.2, 0) is 51.2 Å². The Hall–Kier alpha value is -2.52. The number of halogens is 1. The Balaban J connectivity index is 1.19. The molecule has 236 valence electrons. The maximum absolute atomic E-state index is 15.8. The van der Waals surface area contributed by atoms with Gasteiger partial charge in [-0.15, -0.1) is 0 Å². The van der Waals surface area contributed by atoms with E-state index in [1.54, 1.807) is 12.3 Å². The Morgan fingerprint density at radius 3 is 2.59 bits per heavy atom. The summed E-state index contributed by atoms with van der Waals surface area (Å²) in [5, 5.41) is 4.28. The highest BCUT2D eigenvalue weighted by Gasteiger charge is 2.51. The fourth-order valence-corrected chi connectivity index (χ4v) is 8.21. The van der Waals surface area contributed by atoms with Gasteiger partial charge in [0.25, 0.3) is 5.56 Å². The zero-order chi connectivity index (χ0) is 31.0. The van der Waals surface area contributed by atoms with E-state index in [0.29, 0.717) is 17.0 Å². The molecular weight excluding hydrogens is 667 g/mol. The summed E-state index contributed by atoms with van der Waals surface area (Å²) >= 11 is 10.5. The van der Waals surface area contributed by atoms with Gasteiger partial charge in [-0.05, 0) is 29.7 Å². The molecule has 3 aliphatic heterocycles. The first-order valence-electron chi connectivity index (χ1n) is 13.0. The standard InChI is InChI=1S/C21H24FN9O9P2S2/c22-14-13-6-36-41(33,43)39-11-3-10(9-4-25-17-8(23)1-2-27-31(9)17)37-12(11)5-35-42(34,44)40-16(14)20(38-13)30-7-26-15-18(30)28-21(24)29-19(15)32/h1-2,4,7,10-14,16,20H,3,5-6,23H2,(H,33,43)(H,34,44)(H3,24,28,29,32)/t10-,11+,12-,13-,14-,16-,20?,41?,42?/m1/s1. The summed E-state index contributed by atoms with van der Waals surface area (Å²) in [6.45, 7) is -9.18. The number of ether oxygens (including phenoxy) is 2. The Kier molecular flexibility index (Phi) is 7.59. The molecule has 0 aromatic carbocycles. The number of nitrogens with zero attached hydrogens (tertiary/aromatic N) is 6. The molecule has 0 amide bonds. The molecule has 0 saturated carbocycles. The molecular formula is C21H24FN9O9P2S2. The molecule has 23 heteroatoms. The summed E-state index contributed by atoms with van der Waals surface area (Å²) in [5.41, 5.74) is 12.3. The van der Waals surface area contributed by atoms with Crippen LogP contribution in [0, 0.1) is 0 Å². The summed E-state index contributed by atoms with van der Waals surface area (Å²) in [7, 11) is 0. The van der Waals surface area contributed by atoms with Gasteiger partial charge in [0.1, 0.15) is 24.4 Å². The second-order valence-electron chi connectivity index (χ2n) is 10.1. The van der Waals surface area contributed by atoms with Crippen LogP contribution in [-0.4, -0.2) is 87.7 Å². The van der Waals surface area contributed by atoms with E-state index in [1.165, 1.54) is 21.6 Å². The number of nitrogens with one attached hydrogen (secondary N) is 1. The molecule has 9 atom stereocenters. The largest absolute Gasteiger partial charge is 0.396 e. The molecule has 3 aliphatic rings. The van der Waals surface area contributed by atoms with Gasteiger partial charge in [-0.2, -0.15) is 10.1 Å². The van der Waals surface area contributed by atoms with Crippen LogP contribution in [0.4, 0.5) is 16.0 Å². The minimum absolute atomic E-state index is 0.0422. The Labute approximate surface area is 255 Å². The smallest absolute Gasteiger partial charge is 0.325 e. The lowest BCUT2D eigenvalue weighted by molar-refractivity contribution is -0.0555. The van der Waals surface area contributed by atoms with Crippen molar-refractivity contribution in [2.24, 2.45) is 0 Å². The van der Waals surface area contributed by atoms with Gasteiger partial charge in [0.15, 0.2) is 29.2 Å². The lowest BCUT2D eigenvalue weighted by atomic mass is 10.1. The van der Waals surface area contributed by atoms with Crippen molar-refractivity contribution in [3.8, 4) is 0 Å². The highest BCUT2D eigenvalue weighted by Crippen LogP contribution is 2.54. The molecule has 7 N–H and O–H groups in total. The monoisotopic (exact) mass is 691 g/mol. The lowest BCUT2D eigenvalue weighted by Gasteiger charge is -2.27. The first-order valence-corrected chi connectivity index (χ1v) is 18.1. The molecule has 44 heavy (non-hydrogen) atoms. The van der Waals surface area contributed by atoms with E-state index in [4.69, 9.17) is 62.6 Å². The highest BCUT2D eigenvalue weighted by atomic mass is 32.5. The number of aromatic amines is 1. The van der Waals surface area contributed by atoms with Crippen LogP contribution in [0.15, 0.2) is 29.6 Å². The number of fused-ring (bicyclic) bond motifs is 5. The molecule has 3 fully saturated rings. The second kappa shape index (κ2) is 11.1. The van der Waals surface area contributed by atoms with Crippen molar-refractivity contribution in [3.05, 3.63) is 40.8 Å². The van der Waals surface area contributed by atoms with Crippen molar-refractivity contribution < 1.29 is 41.7 Å². The molecule has 7 heterocycles. The van der Waals surface area contributed by atoms with Gasteiger partial charge in [0.05, 0.1) is 49.4 Å². The van der Waals surface area contributed by atoms with E-state index in [9.17, 15) is 14.6 Å². The number of H-pyrrole nitrogens is 1. The number of anilines is 2. The van der Waals surface area contributed by atoms with E-state index < -0.39 is 75.1 Å². The normalized spacial score (nSPS) is 36.6. The van der Waals surface area contributed by atoms with Crippen molar-refractivity contribution >= 4 is 65.5 Å². The van der Waals surface area contributed by atoms with Gasteiger partial charge in [-0.25, -0.2) is 18.9 Å². The minimum atomic E-state index is -4.20. The van der Waals surface area contributed by atoms with Gasteiger partial charge in [0, 0.05) is 6.42 Å². The topological polar surface area (TPSA) is 242 Å². The number of hydrogen-bond donors (Lipinski definition) is 5. The SMILES string of the molecule is Nc1nc2c(ncn2C2O[C@@H]3COP(O)(=S)O[C@H]4C[C@H](c5cnc6c(N)ccnn56)O[C@@H]4COP(O)(=S)O[C@@H]2[C@@H]3F)c(=O)[nH]1. The zero-order valence-electron chi connectivity index (χ0n) is 22.2. The molecule has 4 aromatic heterocycles. The average Bonchev–Trinajstić information content (AvgIpc) is 3.72. The fraction of sp³-hybridized carbons (Fsp3) is 0.476. The van der Waals surface area contributed by atoms with Gasteiger partial charge >= 0.3 is 13.4 Å². The van der Waals surface area contributed by atoms with Gasteiger partial charge < -0.3 is 44.3 Å². The minimum Gasteiger partial charge on any atom is -0.396 e. The quantitative estimate of drug-likeness (QED) is 0.178. The molecule has 18 nitrogen and oxygen atoms in total. The number of nitrogens with two attached hydrogens (primary N) is 2. The average molecular weight is 692 g/mol. The van der Waals surface area contributed by atoms with Crippen LogP contribution in [0.1, 0.15) is 24.4 Å². The molecule has 0 aliphatic carbocycles. The summed E-state index contributed by atoms with van der Waals surface area (Å²) in [6.07, 6.45) is -4.49. The summed E-state index contributed by atoms with van der Waals surface area (Å²) in [6, 6.07) is 1.60. The van der Waals surface area contributed by atoms with Crippen LogP contribution in [0.2, 0.25) is 0 Å². The van der Waals surface area contributed by atoms with Crippen LogP contribution >= 0.6 is 13.4 Å². The summed E-state index contributed by atoms with van der Waals surface area (Å²) < 4.78 is 53.2. The fourth-order valence-electron chi connectivity index (χ4n) is 5.33. The third-order valence-corrected chi connectivity index (χ3v) is 10.5. The third-order valence-electron chi connectivity index (χ3n) is 7.31. The second-order valence-corrected chi connectivity index (χ2v) is 15.7. The summed E-state index contributed by atoms with van der Waals surface area (Å²) in [4.78, 5) is 49.0. The molecule has 4 aromatic rings. The number of aromatic nitrogens is 7. The van der Waals surface area contributed by atoms with Crippen LogP contribution in [0.25, 0.3) is 16.8 Å². The molecule has 3 saturated heterocycles. The van der Waals surface area contributed by atoms with E-state index in [0.717, 1.165) is 0 Å². The van der Waals surface area contributed by atoms with Crippen LogP contribution < -0.4 is 17.0 Å². The Morgan fingerprint density at radius 1 is 1.05 bits per heavy atom.